The van der Waals surface area contributed by atoms with Gasteiger partial charge in [-0.1, -0.05) is 25.7 Å². The second-order valence-electron chi connectivity index (χ2n) is 6.84. The van der Waals surface area contributed by atoms with Crippen LogP contribution in [0.15, 0.2) is 0 Å². The van der Waals surface area contributed by atoms with Crippen molar-refractivity contribution in [1.29, 1.82) is 0 Å². The lowest BCUT2D eigenvalue weighted by Gasteiger charge is -2.34. The molecular formula is C16H27NO. The second-order valence-corrected chi connectivity index (χ2v) is 6.84. The van der Waals surface area contributed by atoms with Crippen LogP contribution < -0.4 is 5.73 Å². The van der Waals surface area contributed by atoms with Crippen molar-refractivity contribution < 1.29 is 4.79 Å². The average Bonchev–Trinajstić information content (AvgIpc) is 2.55. The minimum Gasteiger partial charge on any atom is -0.330 e. The summed E-state index contributed by atoms with van der Waals surface area (Å²) in [7, 11) is 0. The minimum absolute atomic E-state index is 0.375. The van der Waals surface area contributed by atoms with Crippen molar-refractivity contribution in [3.63, 3.8) is 0 Å². The van der Waals surface area contributed by atoms with Crippen LogP contribution in [-0.4, -0.2) is 12.3 Å². The smallest absolute Gasteiger partial charge is 0.139 e. The first-order valence-electron chi connectivity index (χ1n) is 8.05. The molecule has 0 amide bonds. The summed E-state index contributed by atoms with van der Waals surface area (Å²) in [6, 6.07) is 0. The predicted octanol–water partition coefficient (Wildman–Crippen LogP) is 3.15. The number of carbonyl (C=O) groups is 1. The van der Waals surface area contributed by atoms with Gasteiger partial charge in [-0.3, -0.25) is 4.79 Å². The first-order valence-corrected chi connectivity index (χ1v) is 8.05. The topological polar surface area (TPSA) is 43.1 Å². The molecule has 0 saturated heterocycles. The molecule has 3 fully saturated rings. The standard InChI is InChI=1S/C16H27NO/c17-10-12-9-11-5-1-2-7-14(11)16(18)15-8-4-3-6-13(12)15/h11-15H,1-10,17H2. The van der Waals surface area contributed by atoms with Gasteiger partial charge in [-0.2, -0.15) is 0 Å². The van der Waals surface area contributed by atoms with E-state index in [-0.39, 0.29) is 0 Å². The Morgan fingerprint density at radius 2 is 1.61 bits per heavy atom. The van der Waals surface area contributed by atoms with Gasteiger partial charge in [-0.05, 0) is 56.4 Å². The summed E-state index contributed by atoms with van der Waals surface area (Å²) in [5.41, 5.74) is 6.04. The fourth-order valence-electron chi connectivity index (χ4n) is 5.05. The summed E-state index contributed by atoms with van der Waals surface area (Å²) < 4.78 is 0. The molecule has 0 aromatic carbocycles. The van der Waals surface area contributed by atoms with Crippen LogP contribution in [0.5, 0.6) is 0 Å². The summed E-state index contributed by atoms with van der Waals surface area (Å²) in [5, 5.41) is 0. The molecule has 5 unspecified atom stereocenters. The van der Waals surface area contributed by atoms with E-state index in [0.29, 0.717) is 35.4 Å². The van der Waals surface area contributed by atoms with E-state index in [1.807, 2.05) is 0 Å². The largest absolute Gasteiger partial charge is 0.330 e. The summed E-state index contributed by atoms with van der Waals surface area (Å²) in [4.78, 5) is 12.8. The highest BCUT2D eigenvalue weighted by molar-refractivity contribution is 5.84. The Morgan fingerprint density at radius 3 is 2.39 bits per heavy atom. The lowest BCUT2D eigenvalue weighted by Crippen LogP contribution is -2.35. The quantitative estimate of drug-likeness (QED) is 0.775. The number of Topliss-reactive ketones (excluding diaryl/α,β-unsaturated/α-hetero) is 1. The Balaban J connectivity index is 1.87. The molecule has 102 valence electrons. The van der Waals surface area contributed by atoms with Gasteiger partial charge in [0.25, 0.3) is 0 Å². The summed E-state index contributed by atoms with van der Waals surface area (Å²) >= 11 is 0. The lowest BCUT2D eigenvalue weighted by molar-refractivity contribution is -0.131. The fraction of sp³-hybridized carbons (Fsp3) is 0.938. The van der Waals surface area contributed by atoms with Gasteiger partial charge in [0, 0.05) is 11.8 Å². The molecular weight excluding hydrogens is 222 g/mol. The number of hydrogen-bond acceptors (Lipinski definition) is 2. The van der Waals surface area contributed by atoms with Crippen molar-refractivity contribution >= 4 is 5.78 Å². The van der Waals surface area contributed by atoms with E-state index in [0.717, 1.165) is 13.0 Å². The minimum atomic E-state index is 0.375. The van der Waals surface area contributed by atoms with Crippen LogP contribution in [0, 0.1) is 29.6 Å². The van der Waals surface area contributed by atoms with Gasteiger partial charge in [-0.15, -0.1) is 0 Å². The highest BCUT2D eigenvalue weighted by Gasteiger charge is 2.45. The van der Waals surface area contributed by atoms with E-state index in [4.69, 9.17) is 5.73 Å². The summed E-state index contributed by atoms with van der Waals surface area (Å²) in [6.45, 7) is 0.803. The highest BCUT2D eigenvalue weighted by Crippen LogP contribution is 2.47. The molecule has 5 atom stereocenters. The number of carbonyl (C=O) groups excluding carboxylic acids is 1. The average molecular weight is 249 g/mol. The van der Waals surface area contributed by atoms with Crippen LogP contribution in [0.4, 0.5) is 0 Å². The first kappa shape index (κ1) is 12.7. The van der Waals surface area contributed by atoms with Gasteiger partial charge in [0.1, 0.15) is 5.78 Å². The number of rotatable bonds is 1. The van der Waals surface area contributed by atoms with Gasteiger partial charge < -0.3 is 5.73 Å². The number of hydrogen-bond donors (Lipinski definition) is 1. The van der Waals surface area contributed by atoms with E-state index < -0.39 is 0 Å². The van der Waals surface area contributed by atoms with Crippen molar-refractivity contribution in [2.75, 3.05) is 6.54 Å². The van der Waals surface area contributed by atoms with Crippen molar-refractivity contribution in [3.05, 3.63) is 0 Å². The third-order valence-corrected chi connectivity index (χ3v) is 5.97. The zero-order valence-corrected chi connectivity index (χ0v) is 11.4. The Bertz CT molecular complexity index is 314. The molecule has 3 aliphatic carbocycles. The van der Waals surface area contributed by atoms with E-state index in [1.54, 1.807) is 0 Å². The van der Waals surface area contributed by atoms with Crippen molar-refractivity contribution in [3.8, 4) is 0 Å². The van der Waals surface area contributed by atoms with Crippen LogP contribution in [-0.2, 0) is 4.79 Å². The van der Waals surface area contributed by atoms with Gasteiger partial charge >= 0.3 is 0 Å². The third-order valence-electron chi connectivity index (χ3n) is 5.97. The number of fused-ring (bicyclic) bond motifs is 2. The molecule has 3 aliphatic rings. The van der Waals surface area contributed by atoms with Gasteiger partial charge in [-0.25, -0.2) is 0 Å². The molecule has 2 nitrogen and oxygen atoms in total. The molecule has 0 aromatic heterocycles. The molecule has 18 heavy (non-hydrogen) atoms. The Hall–Kier alpha value is -0.370. The van der Waals surface area contributed by atoms with Crippen LogP contribution in [0.25, 0.3) is 0 Å². The monoisotopic (exact) mass is 249 g/mol. The molecule has 0 aliphatic heterocycles. The second kappa shape index (κ2) is 5.32. The zero-order chi connectivity index (χ0) is 12.5. The molecule has 2 heteroatoms. The lowest BCUT2D eigenvalue weighted by atomic mass is 9.70. The van der Waals surface area contributed by atoms with E-state index >= 15 is 0 Å². The Kier molecular flexibility index (Phi) is 3.74. The van der Waals surface area contributed by atoms with E-state index in [2.05, 4.69) is 0 Å². The van der Waals surface area contributed by atoms with Crippen LogP contribution in [0.3, 0.4) is 0 Å². The van der Waals surface area contributed by atoms with E-state index in [1.165, 1.54) is 51.4 Å². The fourth-order valence-corrected chi connectivity index (χ4v) is 5.05. The Labute approximate surface area is 111 Å². The predicted molar refractivity (Wildman–Crippen MR) is 73.1 cm³/mol. The van der Waals surface area contributed by atoms with Gasteiger partial charge in [0.05, 0.1) is 0 Å². The maximum atomic E-state index is 12.8. The maximum absolute atomic E-state index is 12.8. The molecule has 0 radical (unpaired) electrons. The van der Waals surface area contributed by atoms with Crippen LogP contribution in [0.2, 0.25) is 0 Å². The van der Waals surface area contributed by atoms with Gasteiger partial charge in [0.15, 0.2) is 0 Å². The summed E-state index contributed by atoms with van der Waals surface area (Å²) in [5.74, 6) is 3.35. The molecule has 0 aromatic rings. The van der Waals surface area contributed by atoms with Crippen molar-refractivity contribution in [1.82, 2.24) is 0 Å². The third kappa shape index (κ3) is 2.13. The normalized spacial score (nSPS) is 44.9. The number of ketones is 1. The molecule has 2 N–H and O–H groups in total. The first-order chi connectivity index (χ1) is 8.81. The SMILES string of the molecule is NCC1CC2CCCCC2C(=O)C2CCCCC12. The van der Waals surface area contributed by atoms with Crippen LogP contribution >= 0.6 is 0 Å². The molecule has 0 heterocycles. The summed E-state index contributed by atoms with van der Waals surface area (Å²) in [6.07, 6.45) is 11.3. The van der Waals surface area contributed by atoms with E-state index in [9.17, 15) is 4.79 Å². The van der Waals surface area contributed by atoms with Gasteiger partial charge in [0.2, 0.25) is 0 Å². The molecule has 0 spiro atoms. The highest BCUT2D eigenvalue weighted by atomic mass is 16.1. The molecule has 3 rings (SSSR count). The molecule has 3 saturated carbocycles. The number of nitrogens with two attached hydrogens (primary N) is 1. The van der Waals surface area contributed by atoms with Crippen molar-refractivity contribution in [2.24, 2.45) is 35.3 Å². The molecule has 0 bridgehead atoms. The zero-order valence-electron chi connectivity index (χ0n) is 11.4. The maximum Gasteiger partial charge on any atom is 0.139 e. The van der Waals surface area contributed by atoms with Crippen molar-refractivity contribution in [2.45, 2.75) is 57.8 Å². The Morgan fingerprint density at radius 1 is 0.944 bits per heavy atom. The van der Waals surface area contributed by atoms with Crippen LogP contribution in [0.1, 0.15) is 57.8 Å².